The van der Waals surface area contributed by atoms with Gasteiger partial charge in [0.1, 0.15) is 0 Å². The van der Waals surface area contributed by atoms with Crippen molar-refractivity contribution in [3.8, 4) is 0 Å². The number of anilines is 5. The summed E-state index contributed by atoms with van der Waals surface area (Å²) in [6.45, 7) is 5.98. The second kappa shape index (κ2) is 10.9. The second-order valence-electron chi connectivity index (χ2n) is 8.43. The third-order valence-electron chi connectivity index (χ3n) is 5.76. The molecule has 4 rings (SSSR count). The van der Waals surface area contributed by atoms with Crippen LogP contribution in [0.3, 0.4) is 0 Å². The van der Waals surface area contributed by atoms with E-state index in [0.29, 0.717) is 44.6 Å². The Morgan fingerprint density at radius 2 is 1.11 bits per heavy atom. The number of carbonyl (C=O) groups is 2. The average molecular weight is 512 g/mol. The molecule has 0 spiro atoms. The van der Waals surface area contributed by atoms with Crippen molar-refractivity contribution in [1.82, 2.24) is 0 Å². The minimum Gasteiger partial charge on any atom is -0.399 e. The fourth-order valence-electron chi connectivity index (χ4n) is 3.57. The molecule has 0 radical (unpaired) electrons. The molecule has 0 aliphatic carbocycles. The van der Waals surface area contributed by atoms with Gasteiger partial charge in [-0.05, 0) is 90.8 Å². The van der Waals surface area contributed by atoms with Crippen molar-refractivity contribution >= 4 is 57.5 Å². The van der Waals surface area contributed by atoms with Gasteiger partial charge in [-0.15, -0.1) is 0 Å². The van der Waals surface area contributed by atoms with Crippen molar-refractivity contribution in [2.75, 3.05) is 27.4 Å². The lowest BCUT2D eigenvalue weighted by Gasteiger charge is -2.16. The van der Waals surface area contributed by atoms with Crippen LogP contribution < -0.4 is 27.4 Å². The molecule has 0 saturated carbocycles. The van der Waals surface area contributed by atoms with Crippen molar-refractivity contribution < 1.29 is 9.59 Å². The van der Waals surface area contributed by atoms with E-state index >= 15 is 0 Å². The lowest BCUT2D eigenvalue weighted by Crippen LogP contribution is -2.13. The van der Waals surface area contributed by atoms with Crippen LogP contribution in [-0.2, 0) is 0 Å². The summed E-state index contributed by atoms with van der Waals surface area (Å²) in [5.41, 5.74) is 17.7. The number of amides is 2. The van der Waals surface area contributed by atoms with Gasteiger partial charge >= 0.3 is 0 Å². The predicted molar refractivity (Wildman–Crippen MR) is 153 cm³/mol. The standard InChI is InChI=1S/C29H26ClN5O2/c1-17-25(15-16-26(27(17)30)35-29(37)21-5-11-23(32)12-6-21)33-18(2)19-7-13-24(14-8-19)34-28(36)20-3-9-22(31)10-4-20/h3-16,33H,2,31-32H2,1H3,(H,34,36)(H,35,37). The molecule has 7 nitrogen and oxygen atoms in total. The maximum absolute atomic E-state index is 12.6. The predicted octanol–water partition coefficient (Wildman–Crippen LogP) is 6.40. The van der Waals surface area contributed by atoms with Crippen molar-refractivity contribution in [3.05, 3.63) is 119 Å². The molecule has 0 aliphatic heterocycles. The van der Waals surface area contributed by atoms with Crippen molar-refractivity contribution in [2.45, 2.75) is 6.92 Å². The highest BCUT2D eigenvalue weighted by atomic mass is 35.5. The van der Waals surface area contributed by atoms with Gasteiger partial charge in [0, 0.05) is 39.6 Å². The van der Waals surface area contributed by atoms with Crippen LogP contribution in [0, 0.1) is 6.92 Å². The fraction of sp³-hybridized carbons (Fsp3) is 0.0345. The molecule has 0 atom stereocenters. The van der Waals surface area contributed by atoms with E-state index in [1.54, 1.807) is 66.7 Å². The second-order valence-corrected chi connectivity index (χ2v) is 8.81. The van der Waals surface area contributed by atoms with Crippen LogP contribution in [0.5, 0.6) is 0 Å². The van der Waals surface area contributed by atoms with Crippen LogP contribution in [0.25, 0.3) is 5.70 Å². The van der Waals surface area contributed by atoms with Crippen LogP contribution in [-0.4, -0.2) is 11.8 Å². The van der Waals surface area contributed by atoms with Gasteiger partial charge in [-0.2, -0.15) is 0 Å². The zero-order valence-corrected chi connectivity index (χ0v) is 20.9. The van der Waals surface area contributed by atoms with Gasteiger partial charge in [-0.3, -0.25) is 9.59 Å². The highest BCUT2D eigenvalue weighted by molar-refractivity contribution is 6.35. The zero-order chi connectivity index (χ0) is 26.5. The van der Waals surface area contributed by atoms with Gasteiger partial charge in [0.2, 0.25) is 0 Å². The highest BCUT2D eigenvalue weighted by Crippen LogP contribution is 2.33. The van der Waals surface area contributed by atoms with Crippen molar-refractivity contribution in [1.29, 1.82) is 0 Å². The van der Waals surface area contributed by atoms with Gasteiger partial charge in [-0.25, -0.2) is 0 Å². The first-order chi connectivity index (χ1) is 17.7. The van der Waals surface area contributed by atoms with E-state index in [1.165, 1.54) is 0 Å². The molecule has 0 aliphatic rings. The Kier molecular flexibility index (Phi) is 7.46. The Labute approximate surface area is 220 Å². The van der Waals surface area contributed by atoms with Crippen LogP contribution in [0.15, 0.2) is 91.5 Å². The van der Waals surface area contributed by atoms with Crippen molar-refractivity contribution in [2.24, 2.45) is 0 Å². The lowest BCUT2D eigenvalue weighted by atomic mass is 10.1. The Balaban J connectivity index is 1.40. The van der Waals surface area contributed by atoms with E-state index in [-0.39, 0.29) is 11.8 Å². The maximum Gasteiger partial charge on any atom is 0.255 e. The molecule has 0 unspecified atom stereocenters. The molecule has 4 aromatic rings. The number of hydrogen-bond acceptors (Lipinski definition) is 5. The smallest absolute Gasteiger partial charge is 0.255 e. The van der Waals surface area contributed by atoms with Crippen LogP contribution in [0.2, 0.25) is 5.02 Å². The first-order valence-electron chi connectivity index (χ1n) is 11.4. The first-order valence-corrected chi connectivity index (χ1v) is 11.8. The minimum absolute atomic E-state index is 0.224. The summed E-state index contributed by atoms with van der Waals surface area (Å²) in [4.78, 5) is 25.0. The van der Waals surface area contributed by atoms with E-state index in [0.717, 1.165) is 16.8 Å². The Morgan fingerprint density at radius 1 is 0.649 bits per heavy atom. The molecule has 37 heavy (non-hydrogen) atoms. The number of nitrogens with one attached hydrogen (secondary N) is 3. The molecular formula is C29H26ClN5O2. The number of carbonyl (C=O) groups excluding carboxylic acids is 2. The minimum atomic E-state index is -0.282. The molecule has 2 amide bonds. The normalized spacial score (nSPS) is 10.4. The third-order valence-corrected chi connectivity index (χ3v) is 6.24. The van der Waals surface area contributed by atoms with E-state index < -0.39 is 0 Å². The molecule has 0 saturated heterocycles. The molecule has 0 bridgehead atoms. The van der Waals surface area contributed by atoms with Gasteiger partial charge < -0.3 is 27.4 Å². The maximum atomic E-state index is 12.6. The summed E-state index contributed by atoms with van der Waals surface area (Å²) in [6, 6.07) is 24.2. The van der Waals surface area contributed by atoms with Gasteiger partial charge in [0.05, 0.1) is 10.7 Å². The number of halogens is 1. The summed E-state index contributed by atoms with van der Waals surface area (Å²) >= 11 is 6.56. The SMILES string of the molecule is C=C(Nc1ccc(NC(=O)c2ccc(N)cc2)c(Cl)c1C)c1ccc(NC(=O)c2ccc(N)cc2)cc1. The largest absolute Gasteiger partial charge is 0.399 e. The molecule has 0 aromatic heterocycles. The first kappa shape index (κ1) is 25.3. The van der Waals surface area contributed by atoms with E-state index in [1.807, 2.05) is 25.1 Å². The Bertz CT molecular complexity index is 1460. The Hall–Kier alpha value is -4.75. The summed E-state index contributed by atoms with van der Waals surface area (Å²) in [7, 11) is 0. The van der Waals surface area contributed by atoms with Gasteiger partial charge in [0.15, 0.2) is 0 Å². The summed E-state index contributed by atoms with van der Waals surface area (Å²) < 4.78 is 0. The molecular weight excluding hydrogens is 486 g/mol. The molecule has 4 aromatic carbocycles. The number of benzene rings is 4. The van der Waals surface area contributed by atoms with Crippen LogP contribution in [0.1, 0.15) is 31.8 Å². The molecule has 7 N–H and O–H groups in total. The number of nitrogens with two attached hydrogens (primary N) is 2. The topological polar surface area (TPSA) is 122 Å². The van der Waals surface area contributed by atoms with Gasteiger partial charge in [-0.1, -0.05) is 30.3 Å². The van der Waals surface area contributed by atoms with E-state index in [2.05, 4.69) is 22.5 Å². The molecule has 8 heteroatoms. The van der Waals surface area contributed by atoms with Crippen molar-refractivity contribution in [3.63, 3.8) is 0 Å². The van der Waals surface area contributed by atoms with Crippen LogP contribution >= 0.6 is 11.6 Å². The number of rotatable bonds is 7. The summed E-state index contributed by atoms with van der Waals surface area (Å²) in [6.07, 6.45) is 0. The molecule has 0 fully saturated rings. The quantitative estimate of drug-likeness (QED) is 0.184. The Morgan fingerprint density at radius 3 is 1.65 bits per heavy atom. The lowest BCUT2D eigenvalue weighted by molar-refractivity contribution is 0.101. The number of hydrogen-bond donors (Lipinski definition) is 5. The van der Waals surface area contributed by atoms with E-state index in [9.17, 15) is 9.59 Å². The fourth-order valence-corrected chi connectivity index (χ4v) is 3.79. The number of nitrogen functional groups attached to an aromatic ring is 2. The zero-order valence-electron chi connectivity index (χ0n) is 20.1. The third kappa shape index (κ3) is 6.09. The van der Waals surface area contributed by atoms with E-state index in [4.69, 9.17) is 23.1 Å². The monoisotopic (exact) mass is 511 g/mol. The molecule has 0 heterocycles. The van der Waals surface area contributed by atoms with Crippen LogP contribution in [0.4, 0.5) is 28.4 Å². The summed E-state index contributed by atoms with van der Waals surface area (Å²) in [5, 5.41) is 9.38. The summed E-state index contributed by atoms with van der Waals surface area (Å²) in [5.74, 6) is -0.506. The molecule has 186 valence electrons. The van der Waals surface area contributed by atoms with Gasteiger partial charge in [0.25, 0.3) is 11.8 Å². The highest BCUT2D eigenvalue weighted by Gasteiger charge is 2.13. The average Bonchev–Trinajstić information content (AvgIpc) is 2.89.